The van der Waals surface area contributed by atoms with E-state index in [2.05, 4.69) is 16.9 Å². The first kappa shape index (κ1) is 12.8. The number of ether oxygens (including phenoxy) is 1. The van der Waals surface area contributed by atoms with Crippen molar-refractivity contribution in [3.63, 3.8) is 0 Å². The summed E-state index contributed by atoms with van der Waals surface area (Å²) in [6, 6.07) is 3.75. The zero-order valence-corrected chi connectivity index (χ0v) is 11.6. The third-order valence-electron chi connectivity index (χ3n) is 2.90. The largest absolute Gasteiger partial charge is 0.439 e. The molecule has 0 aliphatic carbocycles. The second-order valence-corrected chi connectivity index (χ2v) is 4.55. The van der Waals surface area contributed by atoms with Crippen LogP contribution in [0.2, 0.25) is 0 Å². The molecule has 0 saturated carbocycles. The molecule has 4 heteroatoms. The number of pyridine rings is 2. The molecule has 2 heterocycles. The van der Waals surface area contributed by atoms with E-state index >= 15 is 0 Å². The molecule has 0 aromatic carbocycles. The Kier molecular flexibility index (Phi) is 3.77. The smallest absolute Gasteiger partial charge is 0.201 e. The number of nitrogens with one attached hydrogen (secondary N) is 1. The van der Waals surface area contributed by atoms with Crippen molar-refractivity contribution in [2.45, 2.75) is 27.2 Å². The fraction of sp³-hybridized carbons (Fsp3) is 0.286. The number of rotatable bonds is 3. The molecule has 0 fully saturated rings. The second-order valence-electron chi connectivity index (χ2n) is 4.14. The molecule has 2 aromatic heterocycles. The van der Waals surface area contributed by atoms with Crippen molar-refractivity contribution >= 4 is 12.2 Å². The van der Waals surface area contributed by atoms with Crippen molar-refractivity contribution in [2.75, 3.05) is 0 Å². The van der Waals surface area contributed by atoms with E-state index < -0.39 is 0 Å². The summed E-state index contributed by atoms with van der Waals surface area (Å²) >= 11 is 5.41. The van der Waals surface area contributed by atoms with Gasteiger partial charge in [0.15, 0.2) is 5.75 Å². The summed E-state index contributed by atoms with van der Waals surface area (Å²) in [7, 11) is 0. The van der Waals surface area contributed by atoms with Crippen molar-refractivity contribution in [3.8, 4) is 11.6 Å². The van der Waals surface area contributed by atoms with Crippen molar-refractivity contribution in [1.82, 2.24) is 9.97 Å². The van der Waals surface area contributed by atoms with E-state index in [-0.39, 0.29) is 0 Å². The van der Waals surface area contributed by atoms with Crippen LogP contribution in [-0.4, -0.2) is 9.97 Å². The lowest BCUT2D eigenvalue weighted by molar-refractivity contribution is 0.452. The van der Waals surface area contributed by atoms with Crippen LogP contribution in [0.25, 0.3) is 0 Å². The van der Waals surface area contributed by atoms with Crippen LogP contribution < -0.4 is 4.74 Å². The van der Waals surface area contributed by atoms with Gasteiger partial charge in [0.25, 0.3) is 0 Å². The Labute approximate surface area is 112 Å². The first-order valence-corrected chi connectivity index (χ1v) is 6.35. The van der Waals surface area contributed by atoms with Gasteiger partial charge in [0, 0.05) is 18.0 Å². The molecule has 94 valence electrons. The summed E-state index contributed by atoms with van der Waals surface area (Å²) < 4.78 is 6.70. The van der Waals surface area contributed by atoms with Crippen LogP contribution >= 0.6 is 12.2 Å². The molecule has 3 nitrogen and oxygen atoms in total. The van der Waals surface area contributed by atoms with Gasteiger partial charge in [-0.25, -0.2) is 0 Å². The van der Waals surface area contributed by atoms with Crippen LogP contribution in [0.1, 0.15) is 23.7 Å². The highest BCUT2D eigenvalue weighted by molar-refractivity contribution is 7.71. The maximum absolute atomic E-state index is 5.84. The summed E-state index contributed by atoms with van der Waals surface area (Å²) in [5.74, 6) is 1.43. The molecular weight excluding hydrogens is 244 g/mol. The van der Waals surface area contributed by atoms with Gasteiger partial charge in [-0.3, -0.25) is 4.98 Å². The van der Waals surface area contributed by atoms with Crippen molar-refractivity contribution < 1.29 is 4.74 Å². The predicted molar refractivity (Wildman–Crippen MR) is 74.8 cm³/mol. The average molecular weight is 260 g/mol. The molecule has 0 atom stereocenters. The van der Waals surface area contributed by atoms with Gasteiger partial charge in [0.1, 0.15) is 0 Å². The summed E-state index contributed by atoms with van der Waals surface area (Å²) in [5, 5.41) is 0. The van der Waals surface area contributed by atoms with Crippen molar-refractivity contribution in [3.05, 3.63) is 45.9 Å². The fourth-order valence-electron chi connectivity index (χ4n) is 1.73. The van der Waals surface area contributed by atoms with E-state index in [1.165, 1.54) is 0 Å². The van der Waals surface area contributed by atoms with Gasteiger partial charge in [-0.1, -0.05) is 19.1 Å². The highest BCUT2D eigenvalue weighted by Crippen LogP contribution is 2.26. The third kappa shape index (κ3) is 2.43. The van der Waals surface area contributed by atoms with E-state index in [9.17, 15) is 0 Å². The minimum absolute atomic E-state index is 0.688. The normalized spacial score (nSPS) is 10.4. The van der Waals surface area contributed by atoms with E-state index in [0.29, 0.717) is 5.88 Å². The average Bonchev–Trinajstić information content (AvgIpc) is 2.38. The van der Waals surface area contributed by atoms with Gasteiger partial charge < -0.3 is 9.72 Å². The zero-order valence-electron chi connectivity index (χ0n) is 10.8. The quantitative estimate of drug-likeness (QED) is 0.844. The van der Waals surface area contributed by atoms with Gasteiger partial charge in [-0.05, 0) is 38.0 Å². The first-order chi connectivity index (χ1) is 8.63. The summed E-state index contributed by atoms with van der Waals surface area (Å²) in [5.41, 5.74) is 2.96. The Morgan fingerprint density at radius 3 is 2.83 bits per heavy atom. The van der Waals surface area contributed by atoms with Gasteiger partial charge in [0.05, 0.1) is 10.2 Å². The molecule has 0 unspecified atom stereocenters. The summed E-state index contributed by atoms with van der Waals surface area (Å²) in [6.45, 7) is 5.98. The number of nitrogens with zero attached hydrogens (tertiary/aromatic N) is 1. The molecule has 0 amide bonds. The summed E-state index contributed by atoms with van der Waals surface area (Å²) in [6.07, 6.45) is 4.58. The molecule has 1 N–H and O–H groups in total. The first-order valence-electron chi connectivity index (χ1n) is 5.94. The Hall–Kier alpha value is -1.68. The lowest BCUT2D eigenvalue weighted by Gasteiger charge is -2.11. The van der Waals surface area contributed by atoms with Crippen LogP contribution in [0.3, 0.4) is 0 Å². The molecule has 0 spiro atoms. The molecule has 0 saturated heterocycles. The minimum Gasteiger partial charge on any atom is -0.439 e. The standard InChI is InChI=1S/C14H16N2OS/c1-4-11-8-16-14(9(2)13(11)18)17-12-6-5-7-15-10(12)3/h5-8H,4H2,1-3H3,(H,16,18). The van der Waals surface area contributed by atoms with Crippen molar-refractivity contribution in [2.24, 2.45) is 0 Å². The number of aromatic amines is 1. The molecule has 18 heavy (non-hydrogen) atoms. The Morgan fingerprint density at radius 1 is 1.39 bits per heavy atom. The van der Waals surface area contributed by atoms with Crippen LogP contribution in [-0.2, 0) is 6.42 Å². The monoisotopic (exact) mass is 260 g/mol. The molecule has 0 aliphatic rings. The zero-order chi connectivity index (χ0) is 13.1. The molecule has 0 bridgehead atoms. The highest BCUT2D eigenvalue weighted by Gasteiger charge is 2.07. The fourth-order valence-corrected chi connectivity index (χ4v) is 2.02. The van der Waals surface area contributed by atoms with Gasteiger partial charge in [-0.2, -0.15) is 0 Å². The minimum atomic E-state index is 0.688. The molecular formula is C14H16N2OS. The van der Waals surface area contributed by atoms with Gasteiger partial charge in [0.2, 0.25) is 5.88 Å². The number of aromatic nitrogens is 2. The Bertz CT molecular complexity index is 619. The van der Waals surface area contributed by atoms with E-state index in [0.717, 1.165) is 33.5 Å². The van der Waals surface area contributed by atoms with E-state index in [1.807, 2.05) is 32.2 Å². The Morgan fingerprint density at radius 2 is 2.17 bits per heavy atom. The van der Waals surface area contributed by atoms with Crippen LogP contribution in [0.5, 0.6) is 11.6 Å². The van der Waals surface area contributed by atoms with Gasteiger partial charge >= 0.3 is 0 Å². The number of aryl methyl sites for hydroxylation is 2. The van der Waals surface area contributed by atoms with Crippen molar-refractivity contribution in [1.29, 1.82) is 0 Å². The third-order valence-corrected chi connectivity index (χ3v) is 3.47. The lowest BCUT2D eigenvalue weighted by atomic mass is 10.2. The Balaban J connectivity index is 2.39. The molecule has 0 radical (unpaired) electrons. The SMILES string of the molecule is CCc1c[nH]c(Oc2cccnc2C)c(C)c1=S. The maximum atomic E-state index is 5.84. The lowest BCUT2D eigenvalue weighted by Crippen LogP contribution is -1.97. The molecule has 0 aliphatic heterocycles. The van der Waals surface area contributed by atoms with Crippen LogP contribution in [0.15, 0.2) is 24.5 Å². The maximum Gasteiger partial charge on any atom is 0.201 e. The van der Waals surface area contributed by atoms with Crippen LogP contribution in [0.4, 0.5) is 0 Å². The molecule has 2 aromatic rings. The number of H-pyrrole nitrogens is 1. The van der Waals surface area contributed by atoms with E-state index in [1.54, 1.807) is 6.20 Å². The van der Waals surface area contributed by atoms with Gasteiger partial charge in [-0.15, -0.1) is 0 Å². The summed E-state index contributed by atoms with van der Waals surface area (Å²) in [4.78, 5) is 7.35. The highest BCUT2D eigenvalue weighted by atomic mass is 32.1. The second kappa shape index (κ2) is 5.31. The van der Waals surface area contributed by atoms with Crippen LogP contribution in [0, 0.1) is 18.4 Å². The number of hydrogen-bond acceptors (Lipinski definition) is 3. The molecule has 2 rings (SSSR count). The van der Waals surface area contributed by atoms with E-state index in [4.69, 9.17) is 17.0 Å². The number of hydrogen-bond donors (Lipinski definition) is 1. The predicted octanol–water partition coefficient (Wildman–Crippen LogP) is 4.11. The topological polar surface area (TPSA) is 37.9 Å².